The molecule has 0 aliphatic heterocycles. The molecule has 0 aromatic carbocycles. The number of hydrogen-bond donors (Lipinski definition) is 2. The summed E-state index contributed by atoms with van der Waals surface area (Å²) in [7, 11) is 0. The molecule has 4 heteroatoms. The maximum Gasteiger partial charge on any atom is 0.321 e. The normalized spacial score (nSPS) is 11.6. The van der Waals surface area contributed by atoms with Gasteiger partial charge in [-0.2, -0.15) is 0 Å². The van der Waals surface area contributed by atoms with Gasteiger partial charge in [0.25, 0.3) is 0 Å². The summed E-state index contributed by atoms with van der Waals surface area (Å²) < 4.78 is 0. The molecule has 96 valence electrons. The molecule has 0 heterocycles. The molecule has 0 saturated heterocycles. The Labute approximate surface area is 102 Å². The lowest BCUT2D eigenvalue weighted by atomic mass is 9.81. The van der Waals surface area contributed by atoms with Crippen molar-refractivity contribution in [2.75, 3.05) is 0 Å². The van der Waals surface area contributed by atoms with Crippen molar-refractivity contribution in [1.82, 2.24) is 0 Å². The highest BCUT2D eigenvalue weighted by atomic mass is 16.4. The molecule has 0 unspecified atom stereocenters. The van der Waals surface area contributed by atoms with Crippen LogP contribution in [-0.4, -0.2) is 22.2 Å². The number of unbranched alkanes of at least 4 members (excludes halogenated alkanes) is 2. The van der Waals surface area contributed by atoms with Gasteiger partial charge in [0.05, 0.1) is 0 Å². The fraction of sp³-hybridized carbons (Fsp3) is 0.538. The topological polar surface area (TPSA) is 74.6 Å². The number of carboxylic acid groups (broad SMARTS) is 2. The van der Waals surface area contributed by atoms with E-state index in [1.807, 2.05) is 6.08 Å². The lowest BCUT2D eigenvalue weighted by molar-refractivity contribution is -0.164. The van der Waals surface area contributed by atoms with Crippen LogP contribution in [0, 0.1) is 5.41 Å². The fourth-order valence-corrected chi connectivity index (χ4v) is 1.49. The van der Waals surface area contributed by atoms with E-state index in [9.17, 15) is 9.59 Å². The number of allylic oxidation sites excluding steroid dienone is 3. The van der Waals surface area contributed by atoms with Gasteiger partial charge in [0, 0.05) is 0 Å². The van der Waals surface area contributed by atoms with Gasteiger partial charge in [-0.25, -0.2) is 0 Å². The highest BCUT2D eigenvalue weighted by Crippen LogP contribution is 2.29. The van der Waals surface area contributed by atoms with Gasteiger partial charge >= 0.3 is 11.9 Å². The van der Waals surface area contributed by atoms with Crippen LogP contribution >= 0.6 is 0 Å². The largest absolute Gasteiger partial charge is 0.480 e. The Morgan fingerprint density at radius 2 is 1.76 bits per heavy atom. The Morgan fingerprint density at radius 1 is 1.18 bits per heavy atom. The van der Waals surface area contributed by atoms with E-state index in [1.54, 1.807) is 6.08 Å². The predicted molar refractivity (Wildman–Crippen MR) is 65.8 cm³/mol. The smallest absolute Gasteiger partial charge is 0.321 e. The lowest BCUT2D eigenvalue weighted by Gasteiger charge is -2.21. The van der Waals surface area contributed by atoms with Gasteiger partial charge in [0.1, 0.15) is 0 Å². The van der Waals surface area contributed by atoms with Gasteiger partial charge in [-0.15, -0.1) is 6.58 Å². The van der Waals surface area contributed by atoms with Crippen molar-refractivity contribution in [3.8, 4) is 0 Å². The van der Waals surface area contributed by atoms with Crippen molar-refractivity contribution in [3.63, 3.8) is 0 Å². The molecule has 0 spiro atoms. The Kier molecular flexibility index (Phi) is 6.94. The fourth-order valence-electron chi connectivity index (χ4n) is 1.49. The molecular formula is C13H20O4. The van der Waals surface area contributed by atoms with Crippen LogP contribution in [0.5, 0.6) is 0 Å². The Morgan fingerprint density at radius 3 is 2.18 bits per heavy atom. The summed E-state index contributed by atoms with van der Waals surface area (Å²) in [5.74, 6) is -2.63. The molecule has 0 aliphatic rings. The number of carbonyl (C=O) groups is 2. The van der Waals surface area contributed by atoms with Gasteiger partial charge in [-0.3, -0.25) is 9.59 Å². The molecule has 0 radical (unpaired) electrons. The highest BCUT2D eigenvalue weighted by Gasteiger charge is 2.44. The standard InChI is InChI=1S/C13H20O4/c1-3-5-6-7-8-10-13(9-4-2,11(14)15)12(16)17/h4,7-8H,2-3,5-6,9-10H2,1H3,(H,14,15)(H,16,17). The van der Waals surface area contributed by atoms with E-state index >= 15 is 0 Å². The van der Waals surface area contributed by atoms with Crippen molar-refractivity contribution < 1.29 is 19.8 Å². The second kappa shape index (κ2) is 7.65. The number of hydrogen-bond acceptors (Lipinski definition) is 2. The highest BCUT2D eigenvalue weighted by molar-refractivity contribution is 5.98. The zero-order chi connectivity index (χ0) is 13.3. The quantitative estimate of drug-likeness (QED) is 0.369. The maximum absolute atomic E-state index is 11.1. The molecule has 0 rings (SSSR count). The van der Waals surface area contributed by atoms with Crippen molar-refractivity contribution in [1.29, 1.82) is 0 Å². The maximum atomic E-state index is 11.1. The van der Waals surface area contributed by atoms with Gasteiger partial charge in [0.15, 0.2) is 5.41 Å². The number of rotatable bonds is 9. The van der Waals surface area contributed by atoms with Gasteiger partial charge < -0.3 is 10.2 Å². The number of aliphatic carboxylic acids is 2. The van der Waals surface area contributed by atoms with Gasteiger partial charge in [-0.05, 0) is 19.3 Å². The van der Waals surface area contributed by atoms with E-state index < -0.39 is 17.4 Å². The first-order valence-electron chi connectivity index (χ1n) is 5.74. The average Bonchev–Trinajstić information content (AvgIpc) is 2.26. The third-order valence-electron chi connectivity index (χ3n) is 2.67. The molecule has 0 aliphatic carbocycles. The van der Waals surface area contributed by atoms with Crippen LogP contribution in [0.1, 0.15) is 39.0 Å². The van der Waals surface area contributed by atoms with E-state index in [1.165, 1.54) is 6.08 Å². The molecule has 0 bridgehead atoms. The minimum Gasteiger partial charge on any atom is -0.480 e. The van der Waals surface area contributed by atoms with Crippen LogP contribution in [0.25, 0.3) is 0 Å². The summed E-state index contributed by atoms with van der Waals surface area (Å²) in [6.07, 6.45) is 7.66. The van der Waals surface area contributed by atoms with Gasteiger partial charge in [-0.1, -0.05) is 38.0 Å². The zero-order valence-electron chi connectivity index (χ0n) is 10.2. The van der Waals surface area contributed by atoms with Crippen LogP contribution in [-0.2, 0) is 9.59 Å². The summed E-state index contributed by atoms with van der Waals surface area (Å²) in [5, 5.41) is 18.1. The predicted octanol–water partition coefficient (Wildman–Crippen LogP) is 2.85. The first kappa shape index (κ1) is 15.4. The van der Waals surface area contributed by atoms with Crippen LogP contribution in [0.15, 0.2) is 24.8 Å². The molecular weight excluding hydrogens is 220 g/mol. The first-order chi connectivity index (χ1) is 8.01. The van der Waals surface area contributed by atoms with E-state index in [0.717, 1.165) is 19.3 Å². The van der Waals surface area contributed by atoms with E-state index in [4.69, 9.17) is 10.2 Å². The Balaban J connectivity index is 4.69. The molecule has 2 N–H and O–H groups in total. The first-order valence-corrected chi connectivity index (χ1v) is 5.74. The zero-order valence-corrected chi connectivity index (χ0v) is 10.2. The monoisotopic (exact) mass is 240 g/mol. The van der Waals surface area contributed by atoms with Crippen molar-refractivity contribution in [2.24, 2.45) is 5.41 Å². The Bertz CT molecular complexity index is 291. The summed E-state index contributed by atoms with van der Waals surface area (Å²) >= 11 is 0. The number of carboxylic acids is 2. The van der Waals surface area contributed by atoms with E-state index in [-0.39, 0.29) is 12.8 Å². The lowest BCUT2D eigenvalue weighted by Crippen LogP contribution is -2.38. The Hall–Kier alpha value is -1.58. The summed E-state index contributed by atoms with van der Waals surface area (Å²) in [5.41, 5.74) is -1.77. The second-order valence-electron chi connectivity index (χ2n) is 4.00. The van der Waals surface area contributed by atoms with Crippen LogP contribution < -0.4 is 0 Å². The molecule has 0 aromatic heterocycles. The SMILES string of the molecule is C=CCC(CC=CCCCC)(C(=O)O)C(=O)O. The molecule has 0 aromatic rings. The van der Waals surface area contributed by atoms with E-state index in [0.29, 0.717) is 0 Å². The molecule has 0 amide bonds. The average molecular weight is 240 g/mol. The molecule has 0 atom stereocenters. The van der Waals surface area contributed by atoms with Crippen molar-refractivity contribution in [2.45, 2.75) is 39.0 Å². The molecule has 4 nitrogen and oxygen atoms in total. The minimum absolute atomic E-state index is 0.00655. The second-order valence-corrected chi connectivity index (χ2v) is 4.00. The molecule has 0 saturated carbocycles. The summed E-state index contributed by atoms with van der Waals surface area (Å²) in [4.78, 5) is 22.2. The van der Waals surface area contributed by atoms with E-state index in [2.05, 4.69) is 13.5 Å². The van der Waals surface area contributed by atoms with Gasteiger partial charge in [0.2, 0.25) is 0 Å². The van der Waals surface area contributed by atoms with Crippen LogP contribution in [0.2, 0.25) is 0 Å². The molecule has 17 heavy (non-hydrogen) atoms. The minimum atomic E-state index is -1.77. The van der Waals surface area contributed by atoms with Crippen LogP contribution in [0.3, 0.4) is 0 Å². The summed E-state index contributed by atoms with van der Waals surface area (Å²) in [6, 6.07) is 0. The third-order valence-corrected chi connectivity index (χ3v) is 2.67. The molecule has 0 fully saturated rings. The van der Waals surface area contributed by atoms with Crippen LogP contribution in [0.4, 0.5) is 0 Å². The van der Waals surface area contributed by atoms with Crippen molar-refractivity contribution in [3.05, 3.63) is 24.8 Å². The summed E-state index contributed by atoms with van der Waals surface area (Å²) in [6.45, 7) is 5.48. The van der Waals surface area contributed by atoms with Crippen molar-refractivity contribution >= 4 is 11.9 Å². The third kappa shape index (κ3) is 4.43.